The molecule has 0 saturated carbocycles. The van der Waals surface area contributed by atoms with E-state index in [4.69, 9.17) is 23.6 Å². The third-order valence-corrected chi connectivity index (χ3v) is 5.30. The predicted molar refractivity (Wildman–Crippen MR) is 113 cm³/mol. The Hall–Kier alpha value is -2.67. The number of fused-ring (bicyclic) bond motifs is 1. The Morgan fingerprint density at radius 2 is 2.00 bits per heavy atom. The predicted octanol–water partition coefficient (Wildman–Crippen LogP) is 0.792. The van der Waals surface area contributed by atoms with Crippen molar-refractivity contribution in [3.05, 3.63) is 29.3 Å². The molecule has 1 fully saturated rings. The van der Waals surface area contributed by atoms with Crippen LogP contribution in [-0.2, 0) is 35.0 Å². The lowest BCUT2D eigenvalue weighted by Gasteiger charge is -2.30. The number of para-hydroxylation sites is 1. The van der Waals surface area contributed by atoms with Crippen LogP contribution in [-0.4, -0.2) is 67.1 Å². The number of ketones is 1. The molecule has 1 saturated heterocycles. The number of ether oxygens (including phenoxy) is 4. The third kappa shape index (κ3) is 7.42. The molecule has 1 unspecified atom stereocenters. The van der Waals surface area contributed by atoms with Crippen LogP contribution in [0.1, 0.15) is 50.0 Å². The average molecular weight is 465 g/mol. The number of nitrogens with one attached hydrogen (secondary N) is 1. The molecule has 2 heterocycles. The SMILES string of the molecule is CC(=O)CCC(=O)N[C@H]1Cc2cccc(C(O)OCOC(=O)OC3CCOCC3)c2OB1O. The van der Waals surface area contributed by atoms with E-state index in [2.05, 4.69) is 5.32 Å². The molecule has 1 aromatic carbocycles. The maximum absolute atomic E-state index is 12.0. The highest BCUT2D eigenvalue weighted by Crippen LogP contribution is 2.34. The van der Waals surface area contributed by atoms with E-state index in [9.17, 15) is 24.5 Å². The molecule has 3 N–H and O–H groups in total. The molecule has 2 aliphatic heterocycles. The van der Waals surface area contributed by atoms with Gasteiger partial charge in [0.2, 0.25) is 5.91 Å². The van der Waals surface area contributed by atoms with E-state index in [0.717, 1.165) is 0 Å². The molecule has 3 rings (SSSR count). The fraction of sp³-hybridized carbons (Fsp3) is 0.571. The molecule has 0 aromatic heterocycles. The van der Waals surface area contributed by atoms with Crippen LogP contribution >= 0.6 is 0 Å². The second kappa shape index (κ2) is 12.0. The van der Waals surface area contributed by atoms with Crippen molar-refractivity contribution < 1.29 is 48.1 Å². The molecular weight excluding hydrogens is 437 g/mol. The quantitative estimate of drug-likeness (QED) is 0.271. The Balaban J connectivity index is 1.51. The fourth-order valence-electron chi connectivity index (χ4n) is 3.54. The van der Waals surface area contributed by atoms with E-state index >= 15 is 0 Å². The van der Waals surface area contributed by atoms with Crippen molar-refractivity contribution in [1.29, 1.82) is 0 Å². The van der Waals surface area contributed by atoms with E-state index in [-0.39, 0.29) is 48.4 Å². The molecular formula is C21H28BNO10. The Morgan fingerprint density at radius 1 is 1.24 bits per heavy atom. The van der Waals surface area contributed by atoms with Gasteiger partial charge in [-0.1, -0.05) is 18.2 Å². The van der Waals surface area contributed by atoms with Crippen molar-refractivity contribution in [2.45, 2.75) is 57.4 Å². The first-order valence-corrected chi connectivity index (χ1v) is 10.8. The van der Waals surface area contributed by atoms with Gasteiger partial charge in [-0.15, -0.1) is 0 Å². The molecule has 2 aliphatic rings. The van der Waals surface area contributed by atoms with Crippen LogP contribution in [0.25, 0.3) is 0 Å². The van der Waals surface area contributed by atoms with Gasteiger partial charge in [0.15, 0.2) is 13.1 Å². The molecule has 11 nitrogen and oxygen atoms in total. The summed E-state index contributed by atoms with van der Waals surface area (Å²) in [6.45, 7) is 1.88. The van der Waals surface area contributed by atoms with Crippen molar-refractivity contribution in [2.24, 2.45) is 0 Å². The minimum atomic E-state index is -1.50. The first-order chi connectivity index (χ1) is 15.8. The van der Waals surface area contributed by atoms with Crippen molar-refractivity contribution in [3.8, 4) is 5.75 Å². The number of amides is 1. The van der Waals surface area contributed by atoms with Crippen LogP contribution in [0.5, 0.6) is 5.75 Å². The van der Waals surface area contributed by atoms with Crippen LogP contribution < -0.4 is 9.97 Å². The summed E-state index contributed by atoms with van der Waals surface area (Å²) in [4.78, 5) is 34.8. The van der Waals surface area contributed by atoms with E-state index in [0.29, 0.717) is 31.6 Å². The number of Topliss-reactive ketones (excluding diaryl/α,β-unsaturated/α-hetero) is 1. The van der Waals surface area contributed by atoms with Gasteiger partial charge in [-0.25, -0.2) is 4.79 Å². The summed E-state index contributed by atoms with van der Waals surface area (Å²) in [6.07, 6.45) is -1.11. The highest BCUT2D eigenvalue weighted by Gasteiger charge is 2.37. The summed E-state index contributed by atoms with van der Waals surface area (Å²) < 4.78 is 25.9. The number of carbonyl (C=O) groups is 3. The maximum Gasteiger partial charge on any atom is 0.547 e. The van der Waals surface area contributed by atoms with Crippen LogP contribution in [0.2, 0.25) is 0 Å². The zero-order chi connectivity index (χ0) is 23.8. The molecule has 0 aliphatic carbocycles. The Morgan fingerprint density at radius 3 is 2.73 bits per heavy atom. The number of hydrogen-bond acceptors (Lipinski definition) is 10. The summed E-state index contributed by atoms with van der Waals surface area (Å²) in [5.41, 5.74) is 0.867. The minimum Gasteiger partial charge on any atom is -0.534 e. The maximum atomic E-state index is 12.0. The molecule has 180 valence electrons. The van der Waals surface area contributed by atoms with E-state index in [1.807, 2.05) is 0 Å². The molecule has 0 bridgehead atoms. The van der Waals surface area contributed by atoms with Gasteiger partial charge in [0.25, 0.3) is 0 Å². The number of aliphatic hydroxyl groups excluding tert-OH is 1. The number of aliphatic hydroxyl groups is 1. The van der Waals surface area contributed by atoms with Crippen molar-refractivity contribution in [1.82, 2.24) is 5.32 Å². The van der Waals surface area contributed by atoms with Crippen molar-refractivity contribution >= 4 is 25.0 Å². The van der Waals surface area contributed by atoms with Gasteiger partial charge in [-0.05, 0) is 18.9 Å². The van der Waals surface area contributed by atoms with Crippen molar-refractivity contribution in [2.75, 3.05) is 20.0 Å². The van der Waals surface area contributed by atoms with Gasteiger partial charge in [-0.3, -0.25) is 4.79 Å². The third-order valence-electron chi connectivity index (χ3n) is 5.30. The van der Waals surface area contributed by atoms with E-state index in [1.165, 1.54) is 6.92 Å². The standard InChI is InChI=1S/C21H28BNO10/c1-13(24)5-6-18(25)23-17-11-14-3-2-4-16(19(14)33-22(17)28)20(26)30-12-31-21(27)32-15-7-9-29-10-8-15/h2-4,15,17,20,26,28H,5-12H2,1H3,(H,23,25)/t17-,20?/m0/s1. The van der Waals surface area contributed by atoms with Crippen LogP contribution in [0.3, 0.4) is 0 Å². The first kappa shape index (κ1) is 25.0. The molecule has 1 aromatic rings. The highest BCUT2D eigenvalue weighted by molar-refractivity contribution is 6.46. The largest absolute Gasteiger partial charge is 0.547 e. The molecule has 1 amide bonds. The molecule has 33 heavy (non-hydrogen) atoms. The lowest BCUT2D eigenvalue weighted by molar-refractivity contribution is -0.165. The number of hydrogen-bond donors (Lipinski definition) is 3. The molecule has 0 radical (unpaired) electrons. The minimum absolute atomic E-state index is 0.0228. The summed E-state index contributed by atoms with van der Waals surface area (Å²) in [5.74, 6) is -0.967. The molecule has 0 spiro atoms. The Labute approximate surface area is 191 Å². The summed E-state index contributed by atoms with van der Waals surface area (Å²) in [6, 6.07) is 4.94. The lowest BCUT2D eigenvalue weighted by atomic mass is 9.72. The number of benzene rings is 1. The smallest absolute Gasteiger partial charge is 0.534 e. The highest BCUT2D eigenvalue weighted by atomic mass is 16.8. The topological polar surface area (TPSA) is 150 Å². The Bertz CT molecular complexity index is 844. The van der Waals surface area contributed by atoms with E-state index < -0.39 is 32.3 Å². The van der Waals surface area contributed by atoms with E-state index in [1.54, 1.807) is 18.2 Å². The van der Waals surface area contributed by atoms with Crippen molar-refractivity contribution in [3.63, 3.8) is 0 Å². The first-order valence-electron chi connectivity index (χ1n) is 10.8. The Kier molecular flexibility index (Phi) is 9.07. The summed E-state index contributed by atoms with van der Waals surface area (Å²) in [7, 11) is -1.36. The fourth-order valence-corrected chi connectivity index (χ4v) is 3.54. The van der Waals surface area contributed by atoms with Gasteiger partial charge in [0.05, 0.1) is 19.2 Å². The van der Waals surface area contributed by atoms with Crippen LogP contribution in [0, 0.1) is 0 Å². The van der Waals surface area contributed by atoms with Gasteiger partial charge in [-0.2, -0.15) is 0 Å². The molecule has 2 atom stereocenters. The zero-order valence-corrected chi connectivity index (χ0v) is 18.4. The second-order valence-electron chi connectivity index (χ2n) is 7.88. The van der Waals surface area contributed by atoms with Gasteiger partial charge in [0, 0.05) is 31.2 Å². The number of rotatable bonds is 9. The zero-order valence-electron chi connectivity index (χ0n) is 18.4. The second-order valence-corrected chi connectivity index (χ2v) is 7.88. The molecule has 12 heteroatoms. The van der Waals surface area contributed by atoms with Gasteiger partial charge >= 0.3 is 13.3 Å². The summed E-state index contributed by atoms with van der Waals surface area (Å²) >= 11 is 0. The van der Waals surface area contributed by atoms with Gasteiger partial charge in [0.1, 0.15) is 17.6 Å². The average Bonchev–Trinajstić information content (AvgIpc) is 2.78. The van der Waals surface area contributed by atoms with Gasteiger partial charge < -0.3 is 43.8 Å². The van der Waals surface area contributed by atoms with Crippen LogP contribution in [0.4, 0.5) is 4.79 Å². The summed E-state index contributed by atoms with van der Waals surface area (Å²) in [5, 5.41) is 23.4. The van der Waals surface area contributed by atoms with Crippen LogP contribution in [0.15, 0.2) is 18.2 Å². The lowest BCUT2D eigenvalue weighted by Crippen LogP contribution is -2.53. The normalized spacial score (nSPS) is 19.1. The number of carbonyl (C=O) groups excluding carboxylic acids is 3. The monoisotopic (exact) mass is 465 g/mol.